The summed E-state index contributed by atoms with van der Waals surface area (Å²) in [6.07, 6.45) is 0. The van der Waals surface area contributed by atoms with Crippen molar-refractivity contribution in [1.82, 2.24) is 9.47 Å². The summed E-state index contributed by atoms with van der Waals surface area (Å²) in [5.74, 6) is 1.97. The minimum absolute atomic E-state index is 0. The van der Waals surface area contributed by atoms with Gasteiger partial charge >= 0.3 is 0 Å². The highest BCUT2D eigenvalue weighted by atomic mass is 35.5. The lowest BCUT2D eigenvalue weighted by atomic mass is 10.1. The van der Waals surface area contributed by atoms with Crippen LogP contribution in [0.15, 0.2) is 23.2 Å². The molecule has 0 aliphatic carbocycles. The molecule has 0 radical (unpaired) electrons. The summed E-state index contributed by atoms with van der Waals surface area (Å²) in [6.45, 7) is 4.16. The summed E-state index contributed by atoms with van der Waals surface area (Å²) < 4.78 is 7.70. The van der Waals surface area contributed by atoms with E-state index in [0.717, 1.165) is 24.7 Å². The van der Waals surface area contributed by atoms with Gasteiger partial charge in [0, 0.05) is 38.1 Å². The predicted octanol–water partition coefficient (Wildman–Crippen LogP) is 2.70. The molecule has 108 valence electrons. The molecule has 0 unspecified atom stereocenters. The molecule has 1 aliphatic rings. The highest BCUT2D eigenvalue weighted by molar-refractivity contribution is 6.05. The van der Waals surface area contributed by atoms with Crippen LogP contribution >= 0.6 is 12.4 Å². The minimum atomic E-state index is 0. The maximum absolute atomic E-state index is 5.33. The first-order valence-corrected chi connectivity index (χ1v) is 6.52. The monoisotopic (exact) mass is 293 g/mol. The van der Waals surface area contributed by atoms with Crippen LogP contribution in [0.1, 0.15) is 11.3 Å². The molecule has 1 aliphatic heterocycles. The number of aromatic nitrogens is 1. The lowest BCUT2D eigenvalue weighted by molar-refractivity contribution is 0.415. The molecule has 2 heterocycles. The predicted molar refractivity (Wildman–Crippen MR) is 85.6 cm³/mol. The highest BCUT2D eigenvalue weighted by Gasteiger charge is 2.24. The Morgan fingerprint density at radius 2 is 2.00 bits per heavy atom. The molecule has 2 aromatic rings. The zero-order valence-electron chi connectivity index (χ0n) is 12.3. The average molecular weight is 294 g/mol. The van der Waals surface area contributed by atoms with Crippen molar-refractivity contribution in [3.8, 4) is 5.75 Å². The van der Waals surface area contributed by atoms with Gasteiger partial charge in [0.2, 0.25) is 0 Å². The van der Waals surface area contributed by atoms with E-state index < -0.39 is 0 Å². The molecule has 0 saturated carbocycles. The maximum atomic E-state index is 5.33. The fourth-order valence-corrected chi connectivity index (χ4v) is 2.96. The topological polar surface area (TPSA) is 29.8 Å². The molecule has 20 heavy (non-hydrogen) atoms. The average Bonchev–Trinajstić information content (AvgIpc) is 2.72. The van der Waals surface area contributed by atoms with Crippen molar-refractivity contribution in [3.63, 3.8) is 0 Å². The van der Waals surface area contributed by atoms with Crippen LogP contribution in [0.3, 0.4) is 0 Å². The Kier molecular flexibility index (Phi) is 3.95. The van der Waals surface area contributed by atoms with E-state index in [4.69, 9.17) is 4.74 Å². The van der Waals surface area contributed by atoms with Gasteiger partial charge in [0.15, 0.2) is 0 Å². The molecule has 0 N–H and O–H groups in total. The van der Waals surface area contributed by atoms with Crippen LogP contribution in [0.25, 0.3) is 10.9 Å². The normalized spacial score (nSPS) is 16.2. The van der Waals surface area contributed by atoms with Crippen LogP contribution in [-0.4, -0.2) is 43.1 Å². The molecular weight excluding hydrogens is 274 g/mol. The smallest absolute Gasteiger partial charge is 0.147 e. The Balaban J connectivity index is 0.00000147. The molecule has 1 aromatic carbocycles. The van der Waals surface area contributed by atoms with Crippen LogP contribution in [0.2, 0.25) is 0 Å². The van der Waals surface area contributed by atoms with E-state index in [2.05, 4.69) is 40.6 Å². The lowest BCUT2D eigenvalue weighted by Gasteiger charge is -2.29. The van der Waals surface area contributed by atoms with Crippen LogP contribution in [-0.2, 0) is 6.54 Å². The van der Waals surface area contributed by atoms with Crippen LogP contribution in [0, 0.1) is 6.92 Å². The van der Waals surface area contributed by atoms with Gasteiger partial charge in [0.05, 0.1) is 12.8 Å². The largest absolute Gasteiger partial charge is 0.497 e. The first-order chi connectivity index (χ1) is 9.17. The second kappa shape index (κ2) is 5.37. The van der Waals surface area contributed by atoms with Gasteiger partial charge in [-0.05, 0) is 30.7 Å². The summed E-state index contributed by atoms with van der Waals surface area (Å²) >= 11 is 0. The van der Waals surface area contributed by atoms with E-state index in [9.17, 15) is 0 Å². The number of fused-ring (bicyclic) bond motifs is 3. The maximum Gasteiger partial charge on any atom is 0.147 e. The number of halogens is 1. The van der Waals surface area contributed by atoms with Gasteiger partial charge in [-0.1, -0.05) is 0 Å². The third kappa shape index (κ3) is 1.95. The fourth-order valence-electron chi connectivity index (χ4n) is 2.96. The molecular formula is C15H20ClN3O. The Labute approximate surface area is 125 Å². The van der Waals surface area contributed by atoms with Crippen molar-refractivity contribution in [2.75, 3.05) is 27.7 Å². The molecule has 0 bridgehead atoms. The molecule has 5 heteroatoms. The van der Waals surface area contributed by atoms with E-state index >= 15 is 0 Å². The molecule has 4 nitrogen and oxygen atoms in total. The van der Waals surface area contributed by atoms with Crippen molar-refractivity contribution >= 4 is 29.1 Å². The van der Waals surface area contributed by atoms with E-state index in [1.54, 1.807) is 7.11 Å². The molecule has 0 spiro atoms. The highest BCUT2D eigenvalue weighted by Crippen LogP contribution is 2.31. The lowest BCUT2D eigenvalue weighted by Crippen LogP contribution is -2.38. The van der Waals surface area contributed by atoms with Gasteiger partial charge < -0.3 is 14.2 Å². The standard InChI is InChI=1S/C15H19N3O.ClH/c1-10-12-9-11(19-4)5-6-13(12)18-8-7-17(3)15(16-2)14(10)18;/h5-6,9H,7-8H2,1-4H3;1H. The molecule has 0 atom stereocenters. The zero-order valence-corrected chi connectivity index (χ0v) is 13.1. The molecule has 1 aromatic heterocycles. The van der Waals surface area contributed by atoms with Crippen molar-refractivity contribution in [2.45, 2.75) is 13.5 Å². The fraction of sp³-hybridized carbons (Fsp3) is 0.400. The Hall–Kier alpha value is -1.68. The second-order valence-corrected chi connectivity index (χ2v) is 4.98. The number of nitrogens with zero attached hydrogens (tertiary/aromatic N) is 3. The Morgan fingerprint density at radius 1 is 1.25 bits per heavy atom. The van der Waals surface area contributed by atoms with Crippen LogP contribution in [0.5, 0.6) is 5.75 Å². The van der Waals surface area contributed by atoms with Crippen molar-refractivity contribution in [2.24, 2.45) is 4.99 Å². The van der Waals surface area contributed by atoms with Gasteiger partial charge in [-0.25, -0.2) is 0 Å². The second-order valence-electron chi connectivity index (χ2n) is 4.98. The molecule has 3 rings (SSSR count). The number of rotatable bonds is 1. The van der Waals surface area contributed by atoms with E-state index in [0.29, 0.717) is 0 Å². The number of aliphatic imine (C=N–C) groups is 1. The first kappa shape index (κ1) is 14.7. The first-order valence-electron chi connectivity index (χ1n) is 6.52. The molecule has 0 amide bonds. The third-order valence-corrected chi connectivity index (χ3v) is 3.97. The molecule has 0 fully saturated rings. The third-order valence-electron chi connectivity index (χ3n) is 3.97. The van der Waals surface area contributed by atoms with Gasteiger partial charge in [-0.3, -0.25) is 4.99 Å². The number of hydrogen-bond donors (Lipinski definition) is 0. The number of benzene rings is 1. The Morgan fingerprint density at radius 3 is 2.65 bits per heavy atom. The number of amidine groups is 1. The Bertz CT molecular complexity index is 675. The van der Waals surface area contributed by atoms with Gasteiger partial charge in [-0.2, -0.15) is 0 Å². The van der Waals surface area contributed by atoms with Crippen LogP contribution < -0.4 is 4.74 Å². The van der Waals surface area contributed by atoms with Crippen LogP contribution in [0.4, 0.5) is 0 Å². The number of methoxy groups -OCH3 is 1. The number of ether oxygens (including phenoxy) is 1. The van der Waals surface area contributed by atoms with E-state index in [-0.39, 0.29) is 12.4 Å². The van der Waals surface area contributed by atoms with Gasteiger partial charge in [0.25, 0.3) is 0 Å². The van der Waals surface area contributed by atoms with Gasteiger partial charge in [0.1, 0.15) is 11.6 Å². The van der Waals surface area contributed by atoms with Crippen molar-refractivity contribution in [1.29, 1.82) is 0 Å². The summed E-state index contributed by atoms with van der Waals surface area (Å²) in [5.41, 5.74) is 3.78. The molecule has 0 saturated heterocycles. The van der Waals surface area contributed by atoms with E-state index in [1.807, 2.05) is 13.1 Å². The summed E-state index contributed by atoms with van der Waals surface area (Å²) in [5, 5.41) is 1.26. The summed E-state index contributed by atoms with van der Waals surface area (Å²) in [6, 6.07) is 6.28. The number of hydrogen-bond acceptors (Lipinski definition) is 2. The van der Waals surface area contributed by atoms with E-state index in [1.165, 1.54) is 22.2 Å². The SMILES string of the molecule is CN=C1c2c(C)c3cc(OC)ccc3n2CCN1C.Cl. The number of likely N-dealkylation sites (N-methyl/N-ethyl adjacent to an activating group) is 1. The summed E-state index contributed by atoms with van der Waals surface area (Å²) in [4.78, 5) is 6.68. The van der Waals surface area contributed by atoms with Crippen molar-refractivity contribution in [3.05, 3.63) is 29.5 Å². The summed E-state index contributed by atoms with van der Waals surface area (Å²) in [7, 11) is 5.67. The van der Waals surface area contributed by atoms with Crippen molar-refractivity contribution < 1.29 is 4.74 Å². The quantitative estimate of drug-likeness (QED) is 0.809. The number of aryl methyl sites for hydroxylation is 1. The zero-order chi connectivity index (χ0) is 13.6. The van der Waals surface area contributed by atoms with Gasteiger partial charge in [-0.15, -0.1) is 12.4 Å². The minimum Gasteiger partial charge on any atom is -0.497 e.